The van der Waals surface area contributed by atoms with Crippen LogP contribution in [0.2, 0.25) is 0 Å². The fraction of sp³-hybridized carbons (Fsp3) is 0.500. The van der Waals surface area contributed by atoms with E-state index in [0.717, 1.165) is 42.8 Å². The molecule has 0 N–H and O–H groups in total. The smallest absolute Gasteiger partial charge is 0.252 e. The number of aromatic nitrogens is 3. The molecule has 0 radical (unpaired) electrons. The molecular formula is C14H16N4O. The van der Waals surface area contributed by atoms with Gasteiger partial charge >= 0.3 is 0 Å². The van der Waals surface area contributed by atoms with Crippen molar-refractivity contribution in [3.63, 3.8) is 0 Å². The van der Waals surface area contributed by atoms with Crippen molar-refractivity contribution in [3.05, 3.63) is 28.8 Å². The van der Waals surface area contributed by atoms with Crippen LogP contribution in [0.1, 0.15) is 31.7 Å². The Kier molecular flexibility index (Phi) is 2.33. The summed E-state index contributed by atoms with van der Waals surface area (Å²) in [6, 6.07) is 3.88. The lowest BCUT2D eigenvalue weighted by Crippen LogP contribution is -2.23. The molecule has 1 saturated carbocycles. The standard InChI is InChI=1S/C14H16N4O/c19-12-6-5-11-13(17-7-1-2-8-17)15-9-16-14(11)18(12)10-3-4-10/h5-6,9-10H,1-4,7-8H2. The normalized spacial score (nSPS) is 19.3. The van der Waals surface area contributed by atoms with Crippen LogP contribution in [-0.2, 0) is 0 Å². The highest BCUT2D eigenvalue weighted by Crippen LogP contribution is 2.36. The zero-order chi connectivity index (χ0) is 12.8. The maximum absolute atomic E-state index is 12.0. The van der Waals surface area contributed by atoms with E-state index in [4.69, 9.17) is 0 Å². The van der Waals surface area contributed by atoms with Crippen LogP contribution < -0.4 is 10.5 Å². The number of rotatable bonds is 2. The van der Waals surface area contributed by atoms with Crippen molar-refractivity contribution in [1.82, 2.24) is 14.5 Å². The first-order valence-electron chi connectivity index (χ1n) is 6.96. The van der Waals surface area contributed by atoms with E-state index in [1.807, 2.05) is 10.6 Å². The number of hydrogen-bond donors (Lipinski definition) is 0. The van der Waals surface area contributed by atoms with Gasteiger partial charge in [-0.05, 0) is 31.7 Å². The molecule has 0 unspecified atom stereocenters. The predicted octanol–water partition coefficient (Wildman–Crippen LogP) is 1.73. The fourth-order valence-corrected chi connectivity index (χ4v) is 2.92. The number of anilines is 1. The van der Waals surface area contributed by atoms with Gasteiger partial charge in [-0.2, -0.15) is 0 Å². The Morgan fingerprint density at radius 2 is 1.89 bits per heavy atom. The Morgan fingerprint density at radius 3 is 2.63 bits per heavy atom. The molecule has 1 aliphatic carbocycles. The van der Waals surface area contributed by atoms with Gasteiger partial charge in [0.1, 0.15) is 17.8 Å². The van der Waals surface area contributed by atoms with Crippen molar-refractivity contribution in [2.45, 2.75) is 31.7 Å². The predicted molar refractivity (Wildman–Crippen MR) is 73.5 cm³/mol. The lowest BCUT2D eigenvalue weighted by molar-refractivity contribution is 0.728. The zero-order valence-corrected chi connectivity index (χ0v) is 10.7. The average molecular weight is 256 g/mol. The molecule has 4 rings (SSSR count). The van der Waals surface area contributed by atoms with E-state index in [2.05, 4.69) is 14.9 Å². The Morgan fingerprint density at radius 1 is 1.11 bits per heavy atom. The lowest BCUT2D eigenvalue weighted by Gasteiger charge is -2.18. The van der Waals surface area contributed by atoms with E-state index in [1.165, 1.54) is 12.8 Å². The van der Waals surface area contributed by atoms with Gasteiger partial charge in [0.15, 0.2) is 0 Å². The second kappa shape index (κ2) is 4.05. The third-order valence-corrected chi connectivity index (χ3v) is 4.02. The average Bonchev–Trinajstić information content (AvgIpc) is 3.11. The zero-order valence-electron chi connectivity index (χ0n) is 10.7. The summed E-state index contributed by atoms with van der Waals surface area (Å²) in [5.74, 6) is 0.983. The van der Waals surface area contributed by atoms with Crippen molar-refractivity contribution >= 4 is 16.9 Å². The maximum atomic E-state index is 12.0. The van der Waals surface area contributed by atoms with E-state index in [1.54, 1.807) is 12.4 Å². The highest BCUT2D eigenvalue weighted by Gasteiger charge is 2.27. The Balaban J connectivity index is 1.96. The van der Waals surface area contributed by atoms with Gasteiger partial charge in [-0.3, -0.25) is 9.36 Å². The fourth-order valence-electron chi connectivity index (χ4n) is 2.92. The molecule has 5 heteroatoms. The van der Waals surface area contributed by atoms with Crippen LogP contribution in [0.15, 0.2) is 23.3 Å². The van der Waals surface area contributed by atoms with Gasteiger partial charge < -0.3 is 4.90 Å². The molecule has 1 saturated heterocycles. The van der Waals surface area contributed by atoms with Gasteiger partial charge in [0.2, 0.25) is 0 Å². The van der Waals surface area contributed by atoms with E-state index in [0.29, 0.717) is 6.04 Å². The first-order valence-corrected chi connectivity index (χ1v) is 6.96. The largest absolute Gasteiger partial charge is 0.356 e. The summed E-state index contributed by atoms with van der Waals surface area (Å²) < 4.78 is 1.84. The van der Waals surface area contributed by atoms with Gasteiger partial charge in [0, 0.05) is 25.2 Å². The van der Waals surface area contributed by atoms with Crippen molar-refractivity contribution < 1.29 is 0 Å². The molecule has 0 spiro atoms. The maximum Gasteiger partial charge on any atom is 0.252 e. The van der Waals surface area contributed by atoms with Crippen LogP contribution in [0.3, 0.4) is 0 Å². The second-order valence-electron chi connectivity index (χ2n) is 5.40. The monoisotopic (exact) mass is 256 g/mol. The van der Waals surface area contributed by atoms with Gasteiger partial charge in [-0.1, -0.05) is 0 Å². The molecule has 1 aliphatic heterocycles. The van der Waals surface area contributed by atoms with Gasteiger partial charge in [0.05, 0.1) is 5.39 Å². The lowest BCUT2D eigenvalue weighted by atomic mass is 10.3. The summed E-state index contributed by atoms with van der Waals surface area (Å²) in [4.78, 5) is 23.1. The van der Waals surface area contributed by atoms with Crippen LogP contribution in [0.5, 0.6) is 0 Å². The molecule has 0 bridgehead atoms. The number of hydrogen-bond acceptors (Lipinski definition) is 4. The number of fused-ring (bicyclic) bond motifs is 1. The van der Waals surface area contributed by atoms with E-state index in [9.17, 15) is 4.79 Å². The molecule has 0 amide bonds. The summed E-state index contributed by atoms with van der Waals surface area (Å²) in [6.45, 7) is 2.10. The van der Waals surface area contributed by atoms with Crippen LogP contribution in [0.25, 0.3) is 11.0 Å². The molecule has 19 heavy (non-hydrogen) atoms. The SMILES string of the molecule is O=c1ccc2c(N3CCCC3)ncnc2n1C1CC1. The molecule has 0 aromatic carbocycles. The summed E-state index contributed by atoms with van der Waals surface area (Å²) in [6.07, 6.45) is 6.19. The van der Waals surface area contributed by atoms with Crippen LogP contribution >= 0.6 is 0 Å². The second-order valence-corrected chi connectivity index (χ2v) is 5.40. The van der Waals surface area contributed by atoms with Gasteiger partial charge in [-0.15, -0.1) is 0 Å². The first-order chi connectivity index (χ1) is 9.34. The quantitative estimate of drug-likeness (QED) is 0.821. The summed E-state index contributed by atoms with van der Waals surface area (Å²) in [7, 11) is 0. The Hall–Kier alpha value is -1.91. The summed E-state index contributed by atoms with van der Waals surface area (Å²) in [5.41, 5.74) is 0.855. The van der Waals surface area contributed by atoms with Crippen molar-refractivity contribution in [2.24, 2.45) is 0 Å². The minimum atomic E-state index is 0.0565. The van der Waals surface area contributed by atoms with Gasteiger partial charge in [0.25, 0.3) is 5.56 Å². The van der Waals surface area contributed by atoms with E-state index >= 15 is 0 Å². The van der Waals surface area contributed by atoms with Crippen LogP contribution in [0.4, 0.5) is 5.82 Å². The Bertz CT molecular complexity index is 683. The van der Waals surface area contributed by atoms with E-state index in [-0.39, 0.29) is 5.56 Å². The first kappa shape index (κ1) is 11.0. The third kappa shape index (κ3) is 1.72. The highest BCUT2D eigenvalue weighted by molar-refractivity contribution is 5.87. The molecule has 2 aromatic heterocycles. The van der Waals surface area contributed by atoms with Crippen molar-refractivity contribution in [1.29, 1.82) is 0 Å². The molecular weight excluding hydrogens is 240 g/mol. The van der Waals surface area contributed by atoms with Crippen molar-refractivity contribution in [2.75, 3.05) is 18.0 Å². The topological polar surface area (TPSA) is 51.0 Å². The van der Waals surface area contributed by atoms with Crippen LogP contribution in [0, 0.1) is 0 Å². The van der Waals surface area contributed by atoms with E-state index < -0.39 is 0 Å². The molecule has 2 aromatic rings. The molecule has 98 valence electrons. The van der Waals surface area contributed by atoms with Crippen molar-refractivity contribution in [3.8, 4) is 0 Å². The minimum Gasteiger partial charge on any atom is -0.356 e. The number of nitrogens with zero attached hydrogens (tertiary/aromatic N) is 4. The van der Waals surface area contributed by atoms with Gasteiger partial charge in [-0.25, -0.2) is 9.97 Å². The third-order valence-electron chi connectivity index (χ3n) is 4.02. The summed E-state index contributed by atoms with van der Waals surface area (Å²) in [5, 5.41) is 1.01. The molecule has 2 fully saturated rings. The molecule has 0 atom stereocenters. The highest BCUT2D eigenvalue weighted by atomic mass is 16.1. The minimum absolute atomic E-state index is 0.0565. The van der Waals surface area contributed by atoms with Crippen LogP contribution in [-0.4, -0.2) is 27.6 Å². The number of pyridine rings is 1. The Labute approximate surface area is 110 Å². The molecule has 5 nitrogen and oxygen atoms in total. The summed E-state index contributed by atoms with van der Waals surface area (Å²) >= 11 is 0. The molecule has 2 aliphatic rings. The molecule has 3 heterocycles.